The predicted molar refractivity (Wildman–Crippen MR) is 100 cm³/mol. The van der Waals surface area contributed by atoms with Gasteiger partial charge in [0, 0.05) is 18.7 Å². The number of carbonyl (C=O) groups excluding carboxylic acids is 2. The summed E-state index contributed by atoms with van der Waals surface area (Å²) in [5.41, 5.74) is 2.82. The van der Waals surface area contributed by atoms with Gasteiger partial charge in [-0.2, -0.15) is 0 Å². The molecule has 0 unspecified atom stereocenters. The van der Waals surface area contributed by atoms with E-state index >= 15 is 0 Å². The van der Waals surface area contributed by atoms with Crippen molar-refractivity contribution in [2.45, 2.75) is 19.8 Å². The molecular formula is C21H25NO4. The Hall–Kier alpha value is -2.82. The van der Waals surface area contributed by atoms with Crippen LogP contribution in [0.2, 0.25) is 0 Å². The fourth-order valence-corrected chi connectivity index (χ4v) is 2.58. The molecular weight excluding hydrogens is 330 g/mol. The SMILES string of the molecule is COC(=O)CCN(CCc1ccc(OC)cc1)C(=O)c1ccc(C)cc1. The van der Waals surface area contributed by atoms with Crippen molar-refractivity contribution in [1.29, 1.82) is 0 Å². The van der Waals surface area contributed by atoms with E-state index in [1.54, 1.807) is 12.0 Å². The second-order valence-electron chi connectivity index (χ2n) is 6.08. The lowest BCUT2D eigenvalue weighted by Crippen LogP contribution is -2.35. The molecule has 0 aliphatic rings. The summed E-state index contributed by atoms with van der Waals surface area (Å²) >= 11 is 0. The average molecular weight is 355 g/mol. The van der Waals surface area contributed by atoms with Crippen LogP contribution in [0.15, 0.2) is 48.5 Å². The van der Waals surface area contributed by atoms with Crippen molar-refractivity contribution in [3.63, 3.8) is 0 Å². The summed E-state index contributed by atoms with van der Waals surface area (Å²) in [6.45, 7) is 2.83. The minimum atomic E-state index is -0.323. The molecule has 1 amide bonds. The normalized spacial score (nSPS) is 10.3. The second kappa shape index (κ2) is 9.61. The zero-order valence-electron chi connectivity index (χ0n) is 15.5. The van der Waals surface area contributed by atoms with Gasteiger partial charge < -0.3 is 14.4 Å². The maximum absolute atomic E-state index is 12.8. The van der Waals surface area contributed by atoms with E-state index in [0.717, 1.165) is 16.9 Å². The van der Waals surface area contributed by atoms with E-state index in [1.165, 1.54) is 7.11 Å². The van der Waals surface area contributed by atoms with Crippen LogP contribution in [0.25, 0.3) is 0 Å². The number of methoxy groups -OCH3 is 2. The first-order valence-electron chi connectivity index (χ1n) is 8.59. The summed E-state index contributed by atoms with van der Waals surface area (Å²) in [6.07, 6.45) is 0.874. The van der Waals surface area contributed by atoms with Gasteiger partial charge in [0.15, 0.2) is 0 Å². The first-order valence-corrected chi connectivity index (χ1v) is 8.59. The Morgan fingerprint density at radius 1 is 0.923 bits per heavy atom. The summed E-state index contributed by atoms with van der Waals surface area (Å²) in [5, 5.41) is 0. The van der Waals surface area contributed by atoms with Crippen LogP contribution in [0.5, 0.6) is 5.75 Å². The van der Waals surface area contributed by atoms with Crippen molar-refractivity contribution >= 4 is 11.9 Å². The molecule has 0 fully saturated rings. The number of hydrogen-bond donors (Lipinski definition) is 0. The van der Waals surface area contributed by atoms with Gasteiger partial charge in [0.05, 0.1) is 20.6 Å². The Kier molecular flexibility index (Phi) is 7.21. The van der Waals surface area contributed by atoms with Crippen molar-refractivity contribution < 1.29 is 19.1 Å². The van der Waals surface area contributed by atoms with Crippen LogP contribution in [-0.2, 0) is 16.0 Å². The molecule has 2 rings (SSSR count). The fourth-order valence-electron chi connectivity index (χ4n) is 2.58. The number of esters is 1. The van der Waals surface area contributed by atoms with Crippen molar-refractivity contribution in [3.05, 3.63) is 65.2 Å². The maximum atomic E-state index is 12.8. The highest BCUT2D eigenvalue weighted by Crippen LogP contribution is 2.13. The van der Waals surface area contributed by atoms with Crippen LogP contribution in [0.3, 0.4) is 0 Å². The highest BCUT2D eigenvalue weighted by atomic mass is 16.5. The summed E-state index contributed by atoms with van der Waals surface area (Å²) in [5.74, 6) is 0.394. The van der Waals surface area contributed by atoms with Crippen molar-refractivity contribution in [2.24, 2.45) is 0 Å². The minimum Gasteiger partial charge on any atom is -0.497 e. The van der Waals surface area contributed by atoms with Gasteiger partial charge in [-0.1, -0.05) is 29.8 Å². The standard InChI is InChI=1S/C21H25NO4/c1-16-4-8-18(9-5-16)21(24)22(15-13-20(23)26-3)14-12-17-6-10-19(25-2)11-7-17/h4-11H,12-15H2,1-3H3. The molecule has 0 aromatic heterocycles. The van der Waals surface area contributed by atoms with Crippen LogP contribution in [0.4, 0.5) is 0 Å². The van der Waals surface area contributed by atoms with E-state index in [9.17, 15) is 9.59 Å². The van der Waals surface area contributed by atoms with Crippen molar-refractivity contribution in [2.75, 3.05) is 27.3 Å². The van der Waals surface area contributed by atoms with Crippen LogP contribution >= 0.6 is 0 Å². The summed E-state index contributed by atoms with van der Waals surface area (Å²) in [6, 6.07) is 15.2. The monoisotopic (exact) mass is 355 g/mol. The third kappa shape index (κ3) is 5.62. The molecule has 0 spiro atoms. The van der Waals surface area contributed by atoms with Gasteiger partial charge in [-0.25, -0.2) is 0 Å². The number of benzene rings is 2. The molecule has 0 aliphatic heterocycles. The van der Waals surface area contributed by atoms with Gasteiger partial charge in [0.2, 0.25) is 0 Å². The Morgan fingerprint density at radius 2 is 1.58 bits per heavy atom. The number of carbonyl (C=O) groups is 2. The number of aryl methyl sites for hydroxylation is 1. The zero-order chi connectivity index (χ0) is 18.9. The topological polar surface area (TPSA) is 55.8 Å². The molecule has 2 aromatic carbocycles. The second-order valence-corrected chi connectivity index (χ2v) is 6.08. The van der Waals surface area contributed by atoms with Crippen molar-refractivity contribution in [3.8, 4) is 5.75 Å². The van der Waals surface area contributed by atoms with E-state index in [1.807, 2.05) is 55.5 Å². The Labute approximate surface area is 154 Å². The molecule has 0 saturated heterocycles. The zero-order valence-corrected chi connectivity index (χ0v) is 15.5. The third-order valence-electron chi connectivity index (χ3n) is 4.23. The van der Waals surface area contributed by atoms with E-state index < -0.39 is 0 Å². The Balaban J connectivity index is 2.07. The summed E-state index contributed by atoms with van der Waals surface area (Å²) in [4.78, 5) is 26.0. The summed E-state index contributed by atoms with van der Waals surface area (Å²) in [7, 11) is 2.98. The smallest absolute Gasteiger partial charge is 0.307 e. The molecule has 5 heteroatoms. The van der Waals surface area contributed by atoms with Crippen LogP contribution < -0.4 is 4.74 Å². The highest BCUT2D eigenvalue weighted by molar-refractivity contribution is 5.94. The van der Waals surface area contributed by atoms with Gasteiger partial charge in [0.25, 0.3) is 5.91 Å². The van der Waals surface area contributed by atoms with E-state index in [0.29, 0.717) is 25.1 Å². The largest absolute Gasteiger partial charge is 0.497 e. The van der Waals surface area contributed by atoms with Gasteiger partial charge in [-0.3, -0.25) is 9.59 Å². The van der Waals surface area contributed by atoms with Gasteiger partial charge in [-0.15, -0.1) is 0 Å². The van der Waals surface area contributed by atoms with E-state index in [-0.39, 0.29) is 18.3 Å². The molecule has 2 aromatic rings. The molecule has 138 valence electrons. The van der Waals surface area contributed by atoms with E-state index in [2.05, 4.69) is 0 Å². The number of nitrogens with zero attached hydrogens (tertiary/aromatic N) is 1. The number of ether oxygens (including phenoxy) is 2. The molecule has 0 heterocycles. The third-order valence-corrected chi connectivity index (χ3v) is 4.23. The summed E-state index contributed by atoms with van der Waals surface area (Å²) < 4.78 is 9.86. The Morgan fingerprint density at radius 3 is 2.15 bits per heavy atom. The molecule has 26 heavy (non-hydrogen) atoms. The lowest BCUT2D eigenvalue weighted by atomic mass is 10.1. The highest BCUT2D eigenvalue weighted by Gasteiger charge is 2.17. The van der Waals surface area contributed by atoms with E-state index in [4.69, 9.17) is 9.47 Å². The number of rotatable bonds is 8. The molecule has 0 atom stereocenters. The lowest BCUT2D eigenvalue weighted by molar-refractivity contribution is -0.140. The minimum absolute atomic E-state index is 0.0811. The average Bonchev–Trinajstić information content (AvgIpc) is 2.68. The van der Waals surface area contributed by atoms with Gasteiger partial charge in [0.1, 0.15) is 5.75 Å². The molecule has 0 aliphatic carbocycles. The van der Waals surface area contributed by atoms with Crippen LogP contribution in [0.1, 0.15) is 27.9 Å². The number of hydrogen-bond acceptors (Lipinski definition) is 4. The maximum Gasteiger partial charge on any atom is 0.307 e. The molecule has 0 N–H and O–H groups in total. The van der Waals surface area contributed by atoms with Crippen LogP contribution in [-0.4, -0.2) is 44.1 Å². The predicted octanol–water partition coefficient (Wildman–Crippen LogP) is 3.25. The first-order chi connectivity index (χ1) is 12.5. The fraction of sp³-hybridized carbons (Fsp3) is 0.333. The Bertz CT molecular complexity index is 723. The van der Waals surface area contributed by atoms with Crippen molar-refractivity contribution in [1.82, 2.24) is 4.90 Å². The van der Waals surface area contributed by atoms with Gasteiger partial charge >= 0.3 is 5.97 Å². The first kappa shape index (κ1) is 19.5. The quantitative estimate of drug-likeness (QED) is 0.682. The molecule has 5 nitrogen and oxygen atoms in total. The lowest BCUT2D eigenvalue weighted by Gasteiger charge is -2.22. The molecule has 0 saturated carbocycles. The molecule has 0 radical (unpaired) electrons. The van der Waals surface area contributed by atoms with Crippen LogP contribution in [0, 0.1) is 6.92 Å². The molecule has 0 bridgehead atoms. The number of amides is 1. The van der Waals surface area contributed by atoms with Gasteiger partial charge in [-0.05, 0) is 43.2 Å².